The summed E-state index contributed by atoms with van der Waals surface area (Å²) < 4.78 is 0. The number of piperidine rings is 2. The van der Waals surface area contributed by atoms with Crippen molar-refractivity contribution in [2.24, 2.45) is 5.92 Å². The van der Waals surface area contributed by atoms with Crippen molar-refractivity contribution in [3.8, 4) is 0 Å². The average Bonchev–Trinajstić information content (AvgIpc) is 2.67. The third-order valence-electron chi connectivity index (χ3n) is 5.02. The highest BCUT2D eigenvalue weighted by molar-refractivity contribution is 4.85. The molecule has 0 radical (unpaired) electrons. The van der Waals surface area contributed by atoms with Crippen molar-refractivity contribution in [1.29, 1.82) is 0 Å². The SMILES string of the molecule is CC.CC.CCC.CCCC1CCN(C2CCCN(C(C)C)C2)CC1. The largest absolute Gasteiger partial charge is 0.299 e. The van der Waals surface area contributed by atoms with Crippen LogP contribution in [0.25, 0.3) is 0 Å². The van der Waals surface area contributed by atoms with Crippen molar-refractivity contribution >= 4 is 0 Å². The van der Waals surface area contributed by atoms with Crippen LogP contribution < -0.4 is 0 Å². The molecule has 25 heavy (non-hydrogen) atoms. The minimum atomic E-state index is 0.727. The molecule has 2 heteroatoms. The number of hydrogen-bond acceptors (Lipinski definition) is 2. The van der Waals surface area contributed by atoms with Crippen molar-refractivity contribution in [2.75, 3.05) is 26.2 Å². The zero-order valence-electron chi connectivity index (χ0n) is 19.4. The molecule has 0 saturated carbocycles. The van der Waals surface area contributed by atoms with Gasteiger partial charge in [0.05, 0.1) is 0 Å². The molecule has 2 heterocycles. The van der Waals surface area contributed by atoms with E-state index in [-0.39, 0.29) is 0 Å². The van der Waals surface area contributed by atoms with Crippen LogP contribution in [0.3, 0.4) is 0 Å². The van der Waals surface area contributed by atoms with Crippen LogP contribution in [-0.2, 0) is 0 Å². The summed E-state index contributed by atoms with van der Waals surface area (Å²) in [5.41, 5.74) is 0. The second kappa shape index (κ2) is 18.7. The van der Waals surface area contributed by atoms with Gasteiger partial charge in [-0.1, -0.05) is 67.7 Å². The molecule has 0 aliphatic carbocycles. The van der Waals surface area contributed by atoms with Crippen molar-refractivity contribution in [2.45, 2.75) is 119 Å². The lowest BCUT2D eigenvalue weighted by Crippen LogP contribution is -2.51. The Morgan fingerprint density at radius 1 is 0.840 bits per heavy atom. The lowest BCUT2D eigenvalue weighted by molar-refractivity contribution is 0.0555. The fourth-order valence-electron chi connectivity index (χ4n) is 3.77. The van der Waals surface area contributed by atoms with Gasteiger partial charge < -0.3 is 0 Å². The monoisotopic (exact) mass is 356 g/mol. The highest BCUT2D eigenvalue weighted by Gasteiger charge is 2.29. The van der Waals surface area contributed by atoms with Crippen LogP contribution in [-0.4, -0.2) is 48.1 Å². The minimum Gasteiger partial charge on any atom is -0.299 e. The first-order valence-electron chi connectivity index (χ1n) is 11.6. The zero-order valence-corrected chi connectivity index (χ0v) is 19.4. The predicted molar refractivity (Wildman–Crippen MR) is 118 cm³/mol. The summed E-state index contributed by atoms with van der Waals surface area (Å²) in [5.74, 6) is 1.02. The number of likely N-dealkylation sites (tertiary alicyclic amines) is 2. The van der Waals surface area contributed by atoms with E-state index in [0.717, 1.165) is 18.0 Å². The zero-order chi connectivity index (χ0) is 19.7. The van der Waals surface area contributed by atoms with E-state index in [0.29, 0.717) is 0 Å². The lowest BCUT2D eigenvalue weighted by atomic mass is 9.90. The molecular formula is C23H52N2. The van der Waals surface area contributed by atoms with Gasteiger partial charge in [-0.25, -0.2) is 0 Å². The molecule has 0 amide bonds. The molecule has 0 aromatic carbocycles. The van der Waals surface area contributed by atoms with E-state index in [1.165, 1.54) is 71.1 Å². The summed E-state index contributed by atoms with van der Waals surface area (Å²) >= 11 is 0. The predicted octanol–water partition coefficient (Wildman–Crippen LogP) is 6.84. The molecular weight excluding hydrogens is 304 g/mol. The molecule has 2 saturated heterocycles. The maximum atomic E-state index is 2.79. The minimum absolute atomic E-state index is 0.727. The van der Waals surface area contributed by atoms with Crippen molar-refractivity contribution in [1.82, 2.24) is 9.80 Å². The Balaban J connectivity index is 0. The molecule has 2 aliphatic rings. The van der Waals surface area contributed by atoms with Gasteiger partial charge in [0.25, 0.3) is 0 Å². The molecule has 0 spiro atoms. The normalized spacial score (nSPS) is 22.1. The van der Waals surface area contributed by atoms with Crippen LogP contribution in [0, 0.1) is 5.92 Å². The van der Waals surface area contributed by atoms with E-state index in [1.807, 2.05) is 27.7 Å². The summed E-state index contributed by atoms with van der Waals surface area (Å²) in [6.07, 6.45) is 9.81. The third-order valence-corrected chi connectivity index (χ3v) is 5.02. The highest BCUT2D eigenvalue weighted by Crippen LogP contribution is 2.26. The van der Waals surface area contributed by atoms with E-state index < -0.39 is 0 Å². The molecule has 2 aliphatic heterocycles. The Morgan fingerprint density at radius 3 is 1.80 bits per heavy atom. The Bertz CT molecular complexity index is 244. The molecule has 0 N–H and O–H groups in total. The Kier molecular flexibility index (Phi) is 20.3. The van der Waals surface area contributed by atoms with Gasteiger partial charge in [0.1, 0.15) is 0 Å². The van der Waals surface area contributed by atoms with Crippen LogP contribution in [0.4, 0.5) is 0 Å². The van der Waals surface area contributed by atoms with E-state index in [9.17, 15) is 0 Å². The molecule has 2 rings (SSSR count). The molecule has 1 atom stereocenters. The second-order valence-corrected chi connectivity index (χ2v) is 7.36. The topological polar surface area (TPSA) is 6.48 Å². The number of hydrogen-bond donors (Lipinski definition) is 0. The maximum absolute atomic E-state index is 2.79. The van der Waals surface area contributed by atoms with Crippen molar-refractivity contribution < 1.29 is 0 Å². The summed E-state index contributed by atoms with van der Waals surface area (Å²) in [7, 11) is 0. The van der Waals surface area contributed by atoms with Gasteiger partial charge in [0, 0.05) is 18.6 Å². The average molecular weight is 357 g/mol. The lowest BCUT2D eigenvalue weighted by Gasteiger charge is -2.43. The Morgan fingerprint density at radius 2 is 1.36 bits per heavy atom. The quantitative estimate of drug-likeness (QED) is 0.544. The summed E-state index contributed by atoms with van der Waals surface area (Å²) in [6, 6.07) is 1.58. The Labute approximate surface area is 161 Å². The smallest absolute Gasteiger partial charge is 0.0223 e. The van der Waals surface area contributed by atoms with Crippen LogP contribution in [0.15, 0.2) is 0 Å². The van der Waals surface area contributed by atoms with E-state index in [1.54, 1.807) is 0 Å². The van der Waals surface area contributed by atoms with Gasteiger partial charge in [-0.2, -0.15) is 0 Å². The van der Waals surface area contributed by atoms with E-state index in [4.69, 9.17) is 0 Å². The molecule has 0 aromatic rings. The van der Waals surface area contributed by atoms with Crippen LogP contribution in [0.2, 0.25) is 0 Å². The van der Waals surface area contributed by atoms with Gasteiger partial charge in [-0.3, -0.25) is 9.80 Å². The molecule has 2 fully saturated rings. The third kappa shape index (κ3) is 12.0. The molecule has 0 bridgehead atoms. The first kappa shape index (κ1) is 27.1. The number of rotatable bonds is 4. The van der Waals surface area contributed by atoms with Crippen molar-refractivity contribution in [3.05, 3.63) is 0 Å². The number of nitrogens with zero attached hydrogens (tertiary/aromatic N) is 2. The fraction of sp³-hybridized carbons (Fsp3) is 1.00. The standard InChI is InChI=1S/C16H32N2.C3H8.2C2H6/c1-4-6-15-8-11-17(12-9-15)16-7-5-10-18(13-16)14(2)3;1-3-2;2*1-2/h14-16H,4-13H2,1-3H3;3H2,1-2H3;2*1-2H3. The summed E-state index contributed by atoms with van der Waals surface area (Å²) in [5, 5.41) is 0. The first-order valence-corrected chi connectivity index (χ1v) is 11.6. The van der Waals surface area contributed by atoms with Crippen LogP contribution in [0.5, 0.6) is 0 Å². The Hall–Kier alpha value is -0.0800. The molecule has 0 aromatic heterocycles. The first-order chi connectivity index (χ1) is 12.1. The van der Waals surface area contributed by atoms with E-state index >= 15 is 0 Å². The van der Waals surface area contributed by atoms with Gasteiger partial charge in [-0.05, 0) is 65.1 Å². The van der Waals surface area contributed by atoms with Crippen LogP contribution >= 0.6 is 0 Å². The molecule has 1 unspecified atom stereocenters. The van der Waals surface area contributed by atoms with Gasteiger partial charge in [0.15, 0.2) is 0 Å². The molecule has 2 nitrogen and oxygen atoms in total. The van der Waals surface area contributed by atoms with Gasteiger partial charge in [-0.15, -0.1) is 0 Å². The van der Waals surface area contributed by atoms with Crippen molar-refractivity contribution in [3.63, 3.8) is 0 Å². The fourth-order valence-corrected chi connectivity index (χ4v) is 3.77. The maximum Gasteiger partial charge on any atom is 0.0223 e. The van der Waals surface area contributed by atoms with Gasteiger partial charge >= 0.3 is 0 Å². The summed E-state index contributed by atoms with van der Waals surface area (Å²) in [6.45, 7) is 24.6. The molecule has 154 valence electrons. The highest BCUT2D eigenvalue weighted by atomic mass is 15.2. The van der Waals surface area contributed by atoms with E-state index in [2.05, 4.69) is 44.4 Å². The van der Waals surface area contributed by atoms with Gasteiger partial charge in [0.2, 0.25) is 0 Å². The van der Waals surface area contributed by atoms with Crippen LogP contribution in [0.1, 0.15) is 107 Å². The summed E-state index contributed by atoms with van der Waals surface area (Å²) in [4.78, 5) is 5.47. The second-order valence-electron chi connectivity index (χ2n) is 7.36.